The molecule has 0 aromatic carbocycles. The van der Waals surface area contributed by atoms with Gasteiger partial charge in [-0.25, -0.2) is 4.79 Å². The summed E-state index contributed by atoms with van der Waals surface area (Å²) in [5.74, 6) is 0.121. The van der Waals surface area contributed by atoms with E-state index in [0.29, 0.717) is 6.54 Å². The fraction of sp³-hybridized carbons (Fsp3) is 0.778. The van der Waals surface area contributed by atoms with E-state index < -0.39 is 5.97 Å². The lowest BCUT2D eigenvalue weighted by Gasteiger charge is -2.16. The summed E-state index contributed by atoms with van der Waals surface area (Å²) >= 11 is 1.73. The third-order valence-corrected chi connectivity index (χ3v) is 2.51. The first-order valence-electron chi connectivity index (χ1n) is 4.77. The second-order valence-electron chi connectivity index (χ2n) is 3.14. The maximum atomic E-state index is 11.3. The van der Waals surface area contributed by atoms with Gasteiger partial charge in [-0.15, -0.1) is 0 Å². The van der Waals surface area contributed by atoms with E-state index >= 15 is 0 Å². The monoisotopic (exact) mass is 234 g/mol. The van der Waals surface area contributed by atoms with E-state index in [4.69, 9.17) is 5.11 Å². The van der Waals surface area contributed by atoms with Gasteiger partial charge in [-0.2, -0.15) is 11.8 Å². The molecule has 0 rings (SSSR count). The van der Waals surface area contributed by atoms with Crippen molar-refractivity contribution in [3.05, 3.63) is 0 Å². The molecule has 2 amide bonds. The summed E-state index contributed by atoms with van der Waals surface area (Å²) in [6.45, 7) is 0.876. The van der Waals surface area contributed by atoms with Crippen molar-refractivity contribution in [3.8, 4) is 0 Å². The van der Waals surface area contributed by atoms with Gasteiger partial charge in [0.15, 0.2) is 0 Å². The van der Waals surface area contributed by atoms with Crippen molar-refractivity contribution >= 4 is 23.8 Å². The highest BCUT2D eigenvalue weighted by molar-refractivity contribution is 7.98. The third-order valence-electron chi connectivity index (χ3n) is 1.81. The largest absolute Gasteiger partial charge is 0.481 e. The van der Waals surface area contributed by atoms with E-state index in [2.05, 4.69) is 5.32 Å². The lowest BCUT2D eigenvalue weighted by Crippen LogP contribution is -2.38. The molecule has 0 radical (unpaired) electrons. The first kappa shape index (κ1) is 14.1. The van der Waals surface area contributed by atoms with Crippen molar-refractivity contribution < 1.29 is 14.7 Å². The van der Waals surface area contributed by atoms with Crippen molar-refractivity contribution in [3.63, 3.8) is 0 Å². The highest BCUT2D eigenvalue weighted by Crippen LogP contribution is 1.94. The number of carboxylic acids is 1. The standard InChI is InChI=1S/C9H18N2O3S/c1-11(6-4-8(12)13)9(14)10-5-3-7-15-2/h3-7H2,1-2H3,(H,10,14)(H,12,13). The van der Waals surface area contributed by atoms with Gasteiger partial charge in [0.05, 0.1) is 6.42 Å². The van der Waals surface area contributed by atoms with Crippen molar-refractivity contribution in [2.24, 2.45) is 0 Å². The molecule has 0 fully saturated rings. The third kappa shape index (κ3) is 8.11. The molecule has 5 nitrogen and oxygen atoms in total. The maximum absolute atomic E-state index is 11.3. The molecule has 0 aromatic heterocycles. The van der Waals surface area contributed by atoms with Gasteiger partial charge in [-0.3, -0.25) is 4.79 Å². The number of thioether (sulfide) groups is 1. The number of hydrogen-bond donors (Lipinski definition) is 2. The molecule has 0 aliphatic carbocycles. The van der Waals surface area contributed by atoms with Gasteiger partial charge in [0, 0.05) is 20.1 Å². The number of rotatable bonds is 7. The summed E-state index contributed by atoms with van der Waals surface area (Å²) in [6.07, 6.45) is 2.93. The topological polar surface area (TPSA) is 69.6 Å². The van der Waals surface area contributed by atoms with Gasteiger partial charge in [0.1, 0.15) is 0 Å². The molecule has 6 heteroatoms. The first-order chi connectivity index (χ1) is 7.07. The van der Waals surface area contributed by atoms with Crippen LogP contribution < -0.4 is 5.32 Å². The SMILES string of the molecule is CSCCCNC(=O)N(C)CCC(=O)O. The zero-order valence-electron chi connectivity index (χ0n) is 9.15. The second-order valence-corrected chi connectivity index (χ2v) is 4.13. The maximum Gasteiger partial charge on any atom is 0.317 e. The summed E-state index contributed by atoms with van der Waals surface area (Å²) in [6, 6.07) is -0.211. The van der Waals surface area contributed by atoms with Crippen LogP contribution in [0.5, 0.6) is 0 Å². The van der Waals surface area contributed by atoms with Gasteiger partial charge in [0.25, 0.3) is 0 Å². The molecular weight excluding hydrogens is 216 g/mol. The number of urea groups is 1. The number of carboxylic acid groups (broad SMARTS) is 1. The molecule has 0 aromatic rings. The molecule has 0 aliphatic rings. The van der Waals surface area contributed by atoms with Gasteiger partial charge >= 0.3 is 12.0 Å². The Hall–Kier alpha value is -0.910. The smallest absolute Gasteiger partial charge is 0.317 e. The molecule has 0 spiro atoms. The fourth-order valence-corrected chi connectivity index (χ4v) is 1.34. The lowest BCUT2D eigenvalue weighted by molar-refractivity contribution is -0.137. The Labute approximate surface area is 94.2 Å². The molecule has 0 saturated carbocycles. The molecule has 0 saturated heterocycles. The molecule has 0 bridgehead atoms. The average Bonchev–Trinajstić information content (AvgIpc) is 2.20. The molecule has 88 valence electrons. The summed E-state index contributed by atoms with van der Waals surface area (Å²) in [5, 5.41) is 11.2. The van der Waals surface area contributed by atoms with Gasteiger partial charge in [-0.05, 0) is 18.4 Å². The van der Waals surface area contributed by atoms with Crippen molar-refractivity contribution in [2.45, 2.75) is 12.8 Å². The minimum absolute atomic E-state index is 0.0191. The van der Waals surface area contributed by atoms with Crippen LogP contribution in [-0.2, 0) is 4.79 Å². The van der Waals surface area contributed by atoms with Crippen LogP contribution in [-0.4, -0.2) is 54.2 Å². The predicted molar refractivity (Wildman–Crippen MR) is 61.3 cm³/mol. The molecular formula is C9H18N2O3S. The van der Waals surface area contributed by atoms with Crippen LogP contribution in [0.1, 0.15) is 12.8 Å². The second kappa shape index (κ2) is 8.40. The lowest BCUT2D eigenvalue weighted by atomic mass is 10.4. The van der Waals surface area contributed by atoms with Crippen molar-refractivity contribution in [1.29, 1.82) is 0 Å². The van der Waals surface area contributed by atoms with Crippen LogP contribution in [0.15, 0.2) is 0 Å². The summed E-state index contributed by atoms with van der Waals surface area (Å²) in [4.78, 5) is 23.0. The zero-order valence-corrected chi connectivity index (χ0v) is 9.97. The van der Waals surface area contributed by atoms with Gasteiger partial charge in [-0.1, -0.05) is 0 Å². The van der Waals surface area contributed by atoms with Crippen LogP contribution in [0.25, 0.3) is 0 Å². The molecule has 0 heterocycles. The molecule has 0 aliphatic heterocycles. The first-order valence-corrected chi connectivity index (χ1v) is 6.17. The van der Waals surface area contributed by atoms with E-state index in [0.717, 1.165) is 12.2 Å². The highest BCUT2D eigenvalue weighted by Gasteiger charge is 2.08. The minimum Gasteiger partial charge on any atom is -0.481 e. The zero-order chi connectivity index (χ0) is 11.7. The molecule has 15 heavy (non-hydrogen) atoms. The Morgan fingerprint density at radius 2 is 2.13 bits per heavy atom. The molecule has 0 unspecified atom stereocenters. The Morgan fingerprint density at radius 3 is 2.67 bits per heavy atom. The summed E-state index contributed by atoms with van der Waals surface area (Å²) in [5.41, 5.74) is 0. The quantitative estimate of drug-likeness (QED) is 0.641. The molecule has 0 atom stereocenters. The Morgan fingerprint density at radius 1 is 1.47 bits per heavy atom. The van der Waals surface area contributed by atoms with E-state index in [1.165, 1.54) is 4.90 Å². The Bertz CT molecular complexity index is 212. The number of carbonyl (C=O) groups excluding carboxylic acids is 1. The number of carbonyl (C=O) groups is 2. The number of nitrogens with one attached hydrogen (secondary N) is 1. The van der Waals surface area contributed by atoms with Gasteiger partial charge < -0.3 is 15.3 Å². The summed E-state index contributed by atoms with van der Waals surface area (Å²) in [7, 11) is 1.59. The van der Waals surface area contributed by atoms with E-state index in [-0.39, 0.29) is 19.0 Å². The van der Waals surface area contributed by atoms with Crippen molar-refractivity contribution in [1.82, 2.24) is 10.2 Å². The van der Waals surface area contributed by atoms with Crippen LogP contribution in [0.4, 0.5) is 4.79 Å². The van der Waals surface area contributed by atoms with Gasteiger partial charge in [0.2, 0.25) is 0 Å². The minimum atomic E-state index is -0.892. The van der Waals surface area contributed by atoms with E-state index in [1.807, 2.05) is 6.26 Å². The normalized spacial score (nSPS) is 9.73. The number of hydrogen-bond acceptors (Lipinski definition) is 3. The molecule has 2 N–H and O–H groups in total. The highest BCUT2D eigenvalue weighted by atomic mass is 32.2. The average molecular weight is 234 g/mol. The van der Waals surface area contributed by atoms with E-state index in [9.17, 15) is 9.59 Å². The number of aliphatic carboxylic acids is 1. The Kier molecular flexibility index (Phi) is 7.89. The summed E-state index contributed by atoms with van der Waals surface area (Å²) < 4.78 is 0. The predicted octanol–water partition coefficient (Wildman–Crippen LogP) is 0.856. The number of amides is 2. The van der Waals surface area contributed by atoms with Crippen LogP contribution in [0.3, 0.4) is 0 Å². The fourth-order valence-electron chi connectivity index (χ4n) is 0.912. The number of nitrogens with zero attached hydrogens (tertiary/aromatic N) is 1. The van der Waals surface area contributed by atoms with Crippen LogP contribution in [0, 0.1) is 0 Å². The Balaban J connectivity index is 3.55. The van der Waals surface area contributed by atoms with Crippen molar-refractivity contribution in [2.75, 3.05) is 32.1 Å². The van der Waals surface area contributed by atoms with E-state index in [1.54, 1.807) is 18.8 Å². The van der Waals surface area contributed by atoms with Crippen LogP contribution in [0.2, 0.25) is 0 Å². The van der Waals surface area contributed by atoms with Crippen LogP contribution >= 0.6 is 11.8 Å².